The Hall–Kier alpha value is -1.55. The lowest BCUT2D eigenvalue weighted by atomic mass is 9.95. The molecule has 22 heavy (non-hydrogen) atoms. The molecule has 3 N–H and O–H groups in total. The van der Waals surface area contributed by atoms with E-state index in [1.165, 1.54) is 12.8 Å². The number of carbonyl (C=O) groups excluding carboxylic acids is 1. The van der Waals surface area contributed by atoms with Crippen molar-refractivity contribution in [3.63, 3.8) is 0 Å². The molecule has 1 fully saturated rings. The maximum Gasteiger partial charge on any atom is 0.237 e. The van der Waals surface area contributed by atoms with Gasteiger partial charge in [0, 0.05) is 5.56 Å². The number of rotatable bonds is 8. The number of carbonyl (C=O) groups is 1. The van der Waals surface area contributed by atoms with Gasteiger partial charge in [0.1, 0.15) is 5.75 Å². The number of benzene rings is 1. The number of methoxy groups -OCH3 is 1. The van der Waals surface area contributed by atoms with Crippen LogP contribution in [0.1, 0.15) is 51.1 Å². The lowest BCUT2D eigenvalue weighted by molar-refractivity contribution is -0.123. The molecule has 0 radical (unpaired) electrons. The molecule has 0 bridgehead atoms. The second kappa shape index (κ2) is 7.63. The lowest BCUT2D eigenvalue weighted by Crippen LogP contribution is -2.42. The van der Waals surface area contributed by atoms with Crippen molar-refractivity contribution >= 4 is 5.91 Å². The van der Waals surface area contributed by atoms with Crippen molar-refractivity contribution in [1.82, 2.24) is 5.32 Å². The predicted molar refractivity (Wildman–Crippen MR) is 88.6 cm³/mol. The molecule has 0 saturated heterocycles. The molecule has 0 heterocycles. The highest BCUT2D eigenvalue weighted by atomic mass is 16.5. The second-order valence-electron chi connectivity index (χ2n) is 6.72. The Balaban J connectivity index is 2.09. The molecule has 1 aliphatic rings. The third kappa shape index (κ3) is 4.73. The highest BCUT2D eigenvalue weighted by molar-refractivity contribution is 5.82. The fraction of sp³-hybridized carbons (Fsp3) is 0.611. The number of nitrogens with two attached hydrogens (primary N) is 1. The van der Waals surface area contributed by atoms with Gasteiger partial charge in [-0.05, 0) is 30.7 Å². The average molecular weight is 304 g/mol. The molecule has 1 aromatic rings. The summed E-state index contributed by atoms with van der Waals surface area (Å²) in [6, 6.07) is 7.39. The smallest absolute Gasteiger partial charge is 0.237 e. The van der Waals surface area contributed by atoms with Crippen LogP contribution in [0.3, 0.4) is 0 Å². The summed E-state index contributed by atoms with van der Waals surface area (Å²) in [5, 5.41) is 3.13. The Bertz CT molecular complexity index is 498. The van der Waals surface area contributed by atoms with E-state index < -0.39 is 6.04 Å². The first-order valence-corrected chi connectivity index (χ1v) is 8.20. The molecule has 0 spiro atoms. The molecule has 122 valence electrons. The molecule has 2 atom stereocenters. The van der Waals surface area contributed by atoms with E-state index in [-0.39, 0.29) is 11.9 Å². The quantitative estimate of drug-likeness (QED) is 0.776. The highest BCUT2D eigenvalue weighted by Gasteiger charge is 2.28. The Morgan fingerprint density at radius 2 is 2.05 bits per heavy atom. The maximum atomic E-state index is 12.4. The summed E-state index contributed by atoms with van der Waals surface area (Å²) in [6.07, 6.45) is 4.08. The normalized spacial score (nSPS) is 17.1. The highest BCUT2D eigenvalue weighted by Crippen LogP contribution is 2.33. The summed E-state index contributed by atoms with van der Waals surface area (Å²) in [4.78, 5) is 12.4. The second-order valence-corrected chi connectivity index (χ2v) is 6.72. The molecule has 4 heteroatoms. The average Bonchev–Trinajstić information content (AvgIpc) is 3.29. The topological polar surface area (TPSA) is 64.3 Å². The number of nitrogens with one attached hydrogen (secondary N) is 1. The minimum Gasteiger partial charge on any atom is -0.496 e. The number of amides is 1. The standard InChI is InChI=1S/C18H28N2O2/c1-12(2)10-16(14-6-4-5-7-17(14)22-3)20-18(21)15(19)11-13-8-9-13/h4-7,12-13,15-16H,8-11,19H2,1-3H3,(H,20,21). The molecule has 1 aliphatic carbocycles. The van der Waals surface area contributed by atoms with Gasteiger partial charge in [-0.2, -0.15) is 0 Å². The minimum absolute atomic E-state index is 0.0524. The molecule has 0 aromatic heterocycles. The Kier molecular flexibility index (Phi) is 5.83. The first-order chi connectivity index (χ1) is 10.5. The van der Waals surface area contributed by atoms with Gasteiger partial charge in [-0.3, -0.25) is 4.79 Å². The van der Waals surface area contributed by atoms with Crippen molar-refractivity contribution in [2.75, 3.05) is 7.11 Å². The van der Waals surface area contributed by atoms with Gasteiger partial charge < -0.3 is 15.8 Å². The van der Waals surface area contributed by atoms with E-state index in [1.54, 1.807) is 7.11 Å². The minimum atomic E-state index is -0.406. The van der Waals surface area contributed by atoms with Gasteiger partial charge in [0.15, 0.2) is 0 Å². The number of hydrogen-bond donors (Lipinski definition) is 2. The SMILES string of the molecule is COc1ccccc1C(CC(C)C)NC(=O)C(N)CC1CC1. The van der Waals surface area contributed by atoms with Gasteiger partial charge in [-0.15, -0.1) is 0 Å². The van der Waals surface area contributed by atoms with Gasteiger partial charge in [0.2, 0.25) is 5.91 Å². The molecule has 1 aromatic carbocycles. The maximum absolute atomic E-state index is 12.4. The molecule has 1 saturated carbocycles. The monoisotopic (exact) mass is 304 g/mol. The van der Waals surface area contributed by atoms with Gasteiger partial charge >= 0.3 is 0 Å². The molecular weight excluding hydrogens is 276 g/mol. The van der Waals surface area contributed by atoms with Crippen LogP contribution in [0.4, 0.5) is 0 Å². The summed E-state index contributed by atoms with van der Waals surface area (Å²) in [6.45, 7) is 4.30. The lowest BCUT2D eigenvalue weighted by Gasteiger charge is -2.24. The van der Waals surface area contributed by atoms with Crippen LogP contribution >= 0.6 is 0 Å². The van der Waals surface area contributed by atoms with Crippen LogP contribution in [0, 0.1) is 11.8 Å². The van der Waals surface area contributed by atoms with Crippen molar-refractivity contribution in [1.29, 1.82) is 0 Å². The fourth-order valence-electron chi connectivity index (χ4n) is 2.79. The Morgan fingerprint density at radius 3 is 2.64 bits per heavy atom. The molecule has 2 rings (SSSR count). The van der Waals surface area contributed by atoms with Crippen LogP contribution in [-0.2, 0) is 4.79 Å². The molecule has 1 amide bonds. The summed E-state index contributed by atoms with van der Waals surface area (Å²) in [5.74, 6) is 1.87. The van der Waals surface area contributed by atoms with Crippen LogP contribution in [0.2, 0.25) is 0 Å². The summed E-state index contributed by atoms with van der Waals surface area (Å²) in [7, 11) is 1.66. The molecular formula is C18H28N2O2. The zero-order chi connectivity index (χ0) is 16.1. The predicted octanol–water partition coefficient (Wildman–Crippen LogP) is 3.03. The van der Waals surface area contributed by atoms with Gasteiger partial charge in [-0.25, -0.2) is 0 Å². The van der Waals surface area contributed by atoms with E-state index in [0.29, 0.717) is 11.8 Å². The van der Waals surface area contributed by atoms with Crippen LogP contribution in [-0.4, -0.2) is 19.1 Å². The largest absolute Gasteiger partial charge is 0.496 e. The van der Waals surface area contributed by atoms with Gasteiger partial charge in [0.25, 0.3) is 0 Å². The first-order valence-electron chi connectivity index (χ1n) is 8.20. The fourth-order valence-corrected chi connectivity index (χ4v) is 2.79. The van der Waals surface area contributed by atoms with Crippen molar-refractivity contribution < 1.29 is 9.53 Å². The first kappa shape index (κ1) is 16.8. The Morgan fingerprint density at radius 1 is 1.36 bits per heavy atom. The van der Waals surface area contributed by atoms with E-state index in [9.17, 15) is 4.79 Å². The van der Waals surface area contributed by atoms with Crippen molar-refractivity contribution in [2.45, 2.75) is 51.6 Å². The van der Waals surface area contributed by atoms with Gasteiger partial charge in [-0.1, -0.05) is 44.9 Å². The zero-order valence-electron chi connectivity index (χ0n) is 13.8. The number of para-hydroxylation sites is 1. The van der Waals surface area contributed by atoms with E-state index in [2.05, 4.69) is 19.2 Å². The molecule has 0 aliphatic heterocycles. The molecule has 4 nitrogen and oxygen atoms in total. The zero-order valence-corrected chi connectivity index (χ0v) is 13.8. The Labute approximate surface area is 133 Å². The van der Waals surface area contributed by atoms with Crippen LogP contribution in [0.25, 0.3) is 0 Å². The van der Waals surface area contributed by atoms with Gasteiger partial charge in [0.05, 0.1) is 19.2 Å². The van der Waals surface area contributed by atoms with E-state index >= 15 is 0 Å². The van der Waals surface area contributed by atoms with E-state index in [0.717, 1.165) is 24.2 Å². The van der Waals surface area contributed by atoms with Crippen molar-refractivity contribution in [3.05, 3.63) is 29.8 Å². The van der Waals surface area contributed by atoms with Crippen LogP contribution < -0.4 is 15.8 Å². The number of ether oxygens (including phenoxy) is 1. The summed E-state index contributed by atoms with van der Waals surface area (Å²) < 4.78 is 5.44. The summed E-state index contributed by atoms with van der Waals surface area (Å²) >= 11 is 0. The van der Waals surface area contributed by atoms with E-state index in [1.807, 2.05) is 24.3 Å². The third-order valence-electron chi connectivity index (χ3n) is 4.16. The van der Waals surface area contributed by atoms with Crippen LogP contribution in [0.15, 0.2) is 24.3 Å². The van der Waals surface area contributed by atoms with E-state index in [4.69, 9.17) is 10.5 Å². The summed E-state index contributed by atoms with van der Waals surface area (Å²) in [5.41, 5.74) is 7.06. The molecule has 2 unspecified atom stereocenters. The van der Waals surface area contributed by atoms with Crippen LogP contribution in [0.5, 0.6) is 5.75 Å². The third-order valence-corrected chi connectivity index (χ3v) is 4.16. The number of hydrogen-bond acceptors (Lipinski definition) is 3. The van der Waals surface area contributed by atoms with Crippen molar-refractivity contribution in [2.24, 2.45) is 17.6 Å². The van der Waals surface area contributed by atoms with Crippen molar-refractivity contribution in [3.8, 4) is 5.75 Å².